The van der Waals surface area contributed by atoms with E-state index < -0.39 is 0 Å². The van der Waals surface area contributed by atoms with Gasteiger partial charge in [-0.1, -0.05) is 19.1 Å². The Morgan fingerprint density at radius 1 is 1.44 bits per heavy atom. The van der Waals surface area contributed by atoms with Crippen LogP contribution in [0.3, 0.4) is 0 Å². The summed E-state index contributed by atoms with van der Waals surface area (Å²) in [4.78, 5) is 16.7. The molecule has 2 aromatic rings. The second-order valence-corrected chi connectivity index (χ2v) is 6.20. The fraction of sp³-hybridized carbons (Fsp3) is 0.300. The SMILES string of the molecule is CCOC(=O)c1cnc(Nc2ccc(F)c(C)c2)c2c1C=CCC2C. The summed E-state index contributed by atoms with van der Waals surface area (Å²) in [7, 11) is 0. The number of carbonyl (C=O) groups is 1. The molecule has 0 saturated heterocycles. The third-order valence-electron chi connectivity index (χ3n) is 4.34. The van der Waals surface area contributed by atoms with Crippen LogP contribution in [0.25, 0.3) is 6.08 Å². The first kappa shape index (κ1) is 17.1. The van der Waals surface area contributed by atoms with Crippen molar-refractivity contribution in [3.63, 3.8) is 0 Å². The predicted molar refractivity (Wildman–Crippen MR) is 96.7 cm³/mol. The molecular formula is C20H21FN2O2. The molecule has 0 bridgehead atoms. The molecule has 0 amide bonds. The number of anilines is 2. The molecule has 1 aromatic heterocycles. The molecule has 1 unspecified atom stereocenters. The Bertz CT molecular complexity index is 846. The monoisotopic (exact) mass is 340 g/mol. The van der Waals surface area contributed by atoms with Crippen molar-refractivity contribution in [2.45, 2.75) is 33.1 Å². The summed E-state index contributed by atoms with van der Waals surface area (Å²) in [6.07, 6.45) is 6.42. The van der Waals surface area contributed by atoms with Crippen molar-refractivity contribution in [1.29, 1.82) is 0 Å². The molecule has 25 heavy (non-hydrogen) atoms. The molecule has 3 rings (SSSR count). The number of hydrogen-bond acceptors (Lipinski definition) is 4. The number of carbonyl (C=O) groups excluding carboxylic acids is 1. The van der Waals surface area contributed by atoms with E-state index in [2.05, 4.69) is 23.3 Å². The van der Waals surface area contributed by atoms with Gasteiger partial charge in [-0.05, 0) is 55.5 Å². The van der Waals surface area contributed by atoms with Crippen LogP contribution in [0.5, 0.6) is 0 Å². The summed E-state index contributed by atoms with van der Waals surface area (Å²) < 4.78 is 18.6. The highest BCUT2D eigenvalue weighted by Crippen LogP contribution is 2.37. The van der Waals surface area contributed by atoms with E-state index in [0.717, 1.165) is 23.2 Å². The van der Waals surface area contributed by atoms with E-state index in [4.69, 9.17) is 4.74 Å². The lowest BCUT2D eigenvalue weighted by atomic mass is 9.86. The molecule has 130 valence electrons. The number of rotatable bonds is 4. The molecular weight excluding hydrogens is 319 g/mol. The standard InChI is InChI=1S/C20H21FN2O2/c1-4-25-20(24)16-11-22-19(18-12(2)6-5-7-15(16)18)23-14-8-9-17(21)13(3)10-14/h5,7-12H,4,6H2,1-3H3,(H,22,23). The van der Waals surface area contributed by atoms with E-state index in [1.165, 1.54) is 12.3 Å². The molecule has 1 N–H and O–H groups in total. The van der Waals surface area contributed by atoms with Crippen molar-refractivity contribution in [2.75, 3.05) is 11.9 Å². The third-order valence-corrected chi connectivity index (χ3v) is 4.34. The molecule has 5 heteroatoms. The van der Waals surface area contributed by atoms with Gasteiger partial charge in [0.05, 0.1) is 12.2 Å². The number of pyridine rings is 1. The number of ether oxygens (including phenoxy) is 1. The van der Waals surface area contributed by atoms with Crippen LogP contribution in [0.1, 0.15) is 53.2 Å². The van der Waals surface area contributed by atoms with Crippen molar-refractivity contribution >= 4 is 23.6 Å². The van der Waals surface area contributed by atoms with Crippen LogP contribution in [0, 0.1) is 12.7 Å². The molecule has 1 aliphatic carbocycles. The van der Waals surface area contributed by atoms with E-state index in [1.54, 1.807) is 26.0 Å². The van der Waals surface area contributed by atoms with E-state index in [1.807, 2.05) is 6.08 Å². The summed E-state index contributed by atoms with van der Waals surface area (Å²) in [5.74, 6) is 0.292. The van der Waals surface area contributed by atoms with Crippen molar-refractivity contribution in [3.05, 3.63) is 58.5 Å². The fourth-order valence-electron chi connectivity index (χ4n) is 3.06. The Hall–Kier alpha value is -2.69. The number of benzene rings is 1. The van der Waals surface area contributed by atoms with Gasteiger partial charge in [0.1, 0.15) is 11.6 Å². The molecule has 0 fully saturated rings. The highest BCUT2D eigenvalue weighted by atomic mass is 19.1. The van der Waals surface area contributed by atoms with Gasteiger partial charge in [-0.2, -0.15) is 0 Å². The van der Waals surface area contributed by atoms with E-state index >= 15 is 0 Å². The number of aromatic nitrogens is 1. The van der Waals surface area contributed by atoms with Crippen molar-refractivity contribution in [1.82, 2.24) is 4.98 Å². The average Bonchev–Trinajstić information content (AvgIpc) is 2.58. The third kappa shape index (κ3) is 3.40. The topological polar surface area (TPSA) is 51.2 Å². The van der Waals surface area contributed by atoms with Gasteiger partial charge in [-0.15, -0.1) is 0 Å². The lowest BCUT2D eigenvalue weighted by molar-refractivity contribution is 0.0525. The zero-order valence-electron chi connectivity index (χ0n) is 14.6. The molecule has 0 aliphatic heterocycles. The maximum absolute atomic E-state index is 13.5. The van der Waals surface area contributed by atoms with Gasteiger partial charge in [0, 0.05) is 17.4 Å². The van der Waals surface area contributed by atoms with Gasteiger partial charge in [0.25, 0.3) is 0 Å². The van der Waals surface area contributed by atoms with Crippen LogP contribution in [-0.4, -0.2) is 17.6 Å². The second-order valence-electron chi connectivity index (χ2n) is 6.20. The number of hydrogen-bond donors (Lipinski definition) is 1. The van der Waals surface area contributed by atoms with Gasteiger partial charge >= 0.3 is 5.97 Å². The van der Waals surface area contributed by atoms with Gasteiger partial charge in [0.2, 0.25) is 0 Å². The number of allylic oxidation sites excluding steroid dienone is 1. The normalized spacial score (nSPS) is 15.6. The van der Waals surface area contributed by atoms with Crippen LogP contribution >= 0.6 is 0 Å². The lowest BCUT2D eigenvalue weighted by Gasteiger charge is -2.23. The highest BCUT2D eigenvalue weighted by molar-refractivity contribution is 5.95. The van der Waals surface area contributed by atoms with Gasteiger partial charge < -0.3 is 10.1 Å². The number of halogens is 1. The smallest absolute Gasteiger partial charge is 0.340 e. The molecule has 0 radical (unpaired) electrons. The van der Waals surface area contributed by atoms with Gasteiger partial charge in [0.15, 0.2) is 0 Å². The minimum atomic E-state index is -0.367. The first-order valence-corrected chi connectivity index (χ1v) is 8.41. The Kier molecular flexibility index (Phi) is 4.83. The average molecular weight is 340 g/mol. The van der Waals surface area contributed by atoms with E-state index in [9.17, 15) is 9.18 Å². The Morgan fingerprint density at radius 2 is 2.24 bits per heavy atom. The number of nitrogens with one attached hydrogen (secondary N) is 1. The summed E-state index contributed by atoms with van der Waals surface area (Å²) in [5, 5.41) is 3.26. The number of esters is 1. The predicted octanol–water partition coefficient (Wildman–Crippen LogP) is 4.97. The van der Waals surface area contributed by atoms with Gasteiger partial charge in [-0.25, -0.2) is 14.2 Å². The molecule has 1 aromatic carbocycles. The summed E-state index contributed by atoms with van der Waals surface area (Å²) in [5.41, 5.74) is 3.62. The minimum absolute atomic E-state index is 0.214. The first-order chi connectivity index (χ1) is 12.0. The second kappa shape index (κ2) is 7.05. The molecule has 4 nitrogen and oxygen atoms in total. The molecule has 1 aliphatic rings. The maximum atomic E-state index is 13.5. The molecule has 1 atom stereocenters. The van der Waals surface area contributed by atoms with Crippen molar-refractivity contribution in [3.8, 4) is 0 Å². The number of aryl methyl sites for hydroxylation is 1. The highest BCUT2D eigenvalue weighted by Gasteiger charge is 2.24. The zero-order valence-corrected chi connectivity index (χ0v) is 14.6. The van der Waals surface area contributed by atoms with Crippen LogP contribution in [0.4, 0.5) is 15.9 Å². The Labute approximate surface area is 146 Å². The van der Waals surface area contributed by atoms with E-state index in [-0.39, 0.29) is 17.7 Å². The number of nitrogens with zero attached hydrogens (tertiary/aromatic N) is 1. The zero-order chi connectivity index (χ0) is 18.0. The lowest BCUT2D eigenvalue weighted by Crippen LogP contribution is -2.14. The quantitative estimate of drug-likeness (QED) is 0.798. The van der Waals surface area contributed by atoms with Crippen molar-refractivity contribution in [2.24, 2.45) is 0 Å². The minimum Gasteiger partial charge on any atom is -0.462 e. The van der Waals surface area contributed by atoms with Crippen LogP contribution in [0.2, 0.25) is 0 Å². The molecule has 1 heterocycles. The summed E-state index contributed by atoms with van der Waals surface area (Å²) in [6, 6.07) is 4.85. The summed E-state index contributed by atoms with van der Waals surface area (Å²) in [6.45, 7) is 5.92. The Balaban J connectivity index is 2.04. The van der Waals surface area contributed by atoms with Crippen LogP contribution in [-0.2, 0) is 4.74 Å². The first-order valence-electron chi connectivity index (χ1n) is 8.41. The molecule has 0 spiro atoms. The Morgan fingerprint density at radius 3 is 2.96 bits per heavy atom. The van der Waals surface area contributed by atoms with Gasteiger partial charge in [-0.3, -0.25) is 0 Å². The van der Waals surface area contributed by atoms with Crippen LogP contribution < -0.4 is 5.32 Å². The maximum Gasteiger partial charge on any atom is 0.340 e. The fourth-order valence-corrected chi connectivity index (χ4v) is 3.06. The number of fused-ring (bicyclic) bond motifs is 1. The van der Waals surface area contributed by atoms with E-state index in [0.29, 0.717) is 23.6 Å². The summed E-state index contributed by atoms with van der Waals surface area (Å²) >= 11 is 0. The largest absolute Gasteiger partial charge is 0.462 e. The molecule has 0 saturated carbocycles. The van der Waals surface area contributed by atoms with Crippen LogP contribution in [0.15, 0.2) is 30.5 Å². The van der Waals surface area contributed by atoms with Crippen molar-refractivity contribution < 1.29 is 13.9 Å².